The SMILES string of the molecule is Cc1cccc(CN2CCN(C(C)C(=O)Nc3cccc(F)c3)CC2)c1. The molecule has 0 radical (unpaired) electrons. The number of nitrogens with one attached hydrogen (secondary N) is 1. The minimum atomic E-state index is -0.347. The van der Waals surface area contributed by atoms with Crippen LogP contribution in [0.3, 0.4) is 0 Å². The van der Waals surface area contributed by atoms with Crippen LogP contribution in [-0.2, 0) is 11.3 Å². The highest BCUT2D eigenvalue weighted by atomic mass is 19.1. The minimum absolute atomic E-state index is 0.0947. The molecule has 1 fully saturated rings. The summed E-state index contributed by atoms with van der Waals surface area (Å²) < 4.78 is 13.3. The summed E-state index contributed by atoms with van der Waals surface area (Å²) in [5, 5.41) is 2.80. The van der Waals surface area contributed by atoms with Gasteiger partial charge in [-0.1, -0.05) is 35.9 Å². The van der Waals surface area contributed by atoms with E-state index in [1.165, 1.54) is 23.3 Å². The van der Waals surface area contributed by atoms with Crippen molar-refractivity contribution in [2.24, 2.45) is 0 Å². The lowest BCUT2D eigenvalue weighted by molar-refractivity contribution is -0.121. The molecule has 0 bridgehead atoms. The maximum absolute atomic E-state index is 13.3. The van der Waals surface area contributed by atoms with Gasteiger partial charge in [-0.05, 0) is 37.6 Å². The van der Waals surface area contributed by atoms with Crippen molar-refractivity contribution in [3.63, 3.8) is 0 Å². The highest BCUT2D eigenvalue weighted by Gasteiger charge is 2.25. The second kappa shape index (κ2) is 8.43. The van der Waals surface area contributed by atoms with E-state index < -0.39 is 0 Å². The quantitative estimate of drug-likeness (QED) is 0.894. The number of aryl methyl sites for hydroxylation is 1. The first-order chi connectivity index (χ1) is 12.5. The Kier molecular flexibility index (Phi) is 6.01. The number of hydrogen-bond donors (Lipinski definition) is 1. The number of carbonyl (C=O) groups excluding carboxylic acids is 1. The van der Waals surface area contributed by atoms with Gasteiger partial charge in [0.2, 0.25) is 5.91 Å². The lowest BCUT2D eigenvalue weighted by Crippen LogP contribution is -2.52. The minimum Gasteiger partial charge on any atom is -0.325 e. The van der Waals surface area contributed by atoms with Crippen molar-refractivity contribution in [1.29, 1.82) is 0 Å². The van der Waals surface area contributed by atoms with Crippen LogP contribution in [0.4, 0.5) is 10.1 Å². The topological polar surface area (TPSA) is 35.6 Å². The van der Waals surface area contributed by atoms with Gasteiger partial charge in [0.05, 0.1) is 6.04 Å². The van der Waals surface area contributed by atoms with Gasteiger partial charge in [0.25, 0.3) is 0 Å². The number of halogens is 1. The van der Waals surface area contributed by atoms with Gasteiger partial charge in [-0.2, -0.15) is 0 Å². The van der Waals surface area contributed by atoms with E-state index in [1.807, 2.05) is 6.92 Å². The predicted octanol–water partition coefficient (Wildman–Crippen LogP) is 3.28. The molecule has 1 heterocycles. The number of carbonyl (C=O) groups is 1. The van der Waals surface area contributed by atoms with Crippen molar-refractivity contribution in [3.8, 4) is 0 Å². The van der Waals surface area contributed by atoms with Gasteiger partial charge in [0.15, 0.2) is 0 Å². The first-order valence-corrected chi connectivity index (χ1v) is 9.09. The number of benzene rings is 2. The molecule has 4 nitrogen and oxygen atoms in total. The number of amides is 1. The molecular weight excluding hydrogens is 329 g/mol. The van der Waals surface area contributed by atoms with Gasteiger partial charge in [-0.25, -0.2) is 4.39 Å². The Hall–Kier alpha value is -2.24. The molecule has 5 heteroatoms. The second-order valence-electron chi connectivity index (χ2n) is 6.98. The van der Waals surface area contributed by atoms with E-state index in [-0.39, 0.29) is 17.8 Å². The maximum atomic E-state index is 13.3. The van der Waals surface area contributed by atoms with Gasteiger partial charge >= 0.3 is 0 Å². The predicted molar refractivity (Wildman–Crippen MR) is 103 cm³/mol. The average Bonchev–Trinajstić information content (AvgIpc) is 2.62. The lowest BCUT2D eigenvalue weighted by Gasteiger charge is -2.37. The van der Waals surface area contributed by atoms with Crippen LogP contribution in [0.1, 0.15) is 18.1 Å². The van der Waals surface area contributed by atoms with Crippen molar-refractivity contribution >= 4 is 11.6 Å². The molecule has 1 unspecified atom stereocenters. The van der Waals surface area contributed by atoms with E-state index in [2.05, 4.69) is 46.3 Å². The summed E-state index contributed by atoms with van der Waals surface area (Å²) in [5.41, 5.74) is 3.11. The van der Waals surface area contributed by atoms with Crippen LogP contribution >= 0.6 is 0 Å². The molecule has 138 valence electrons. The van der Waals surface area contributed by atoms with E-state index in [4.69, 9.17) is 0 Å². The fourth-order valence-corrected chi connectivity index (χ4v) is 3.36. The molecule has 0 saturated carbocycles. The Bertz CT molecular complexity index is 756. The molecule has 1 atom stereocenters. The maximum Gasteiger partial charge on any atom is 0.241 e. The zero-order valence-electron chi connectivity index (χ0n) is 15.4. The monoisotopic (exact) mass is 355 g/mol. The molecule has 0 aromatic heterocycles. The summed E-state index contributed by atoms with van der Waals surface area (Å²) in [6.07, 6.45) is 0. The Morgan fingerprint density at radius 1 is 1.12 bits per heavy atom. The molecule has 0 aliphatic carbocycles. The van der Waals surface area contributed by atoms with E-state index in [1.54, 1.807) is 12.1 Å². The van der Waals surface area contributed by atoms with Gasteiger partial charge in [-0.15, -0.1) is 0 Å². The Labute approximate surface area is 154 Å². The molecule has 26 heavy (non-hydrogen) atoms. The standard InChI is InChI=1S/C21H26FN3O/c1-16-5-3-6-18(13-16)15-24-9-11-25(12-10-24)17(2)21(26)23-20-8-4-7-19(22)14-20/h3-8,13-14,17H,9-12,15H2,1-2H3,(H,23,26). The van der Waals surface area contributed by atoms with Crippen molar-refractivity contribution in [1.82, 2.24) is 9.80 Å². The van der Waals surface area contributed by atoms with Crippen LogP contribution in [0.2, 0.25) is 0 Å². The Morgan fingerprint density at radius 3 is 2.54 bits per heavy atom. The molecule has 1 amide bonds. The first-order valence-electron chi connectivity index (χ1n) is 9.09. The normalized spacial score (nSPS) is 17.0. The van der Waals surface area contributed by atoms with Crippen LogP contribution in [-0.4, -0.2) is 47.9 Å². The third kappa shape index (κ3) is 4.90. The summed E-state index contributed by atoms with van der Waals surface area (Å²) in [7, 11) is 0. The summed E-state index contributed by atoms with van der Waals surface area (Å²) in [5.74, 6) is -0.442. The third-order valence-electron chi connectivity index (χ3n) is 4.91. The average molecular weight is 355 g/mol. The number of nitrogens with zero attached hydrogens (tertiary/aromatic N) is 2. The van der Waals surface area contributed by atoms with Crippen LogP contribution < -0.4 is 5.32 Å². The van der Waals surface area contributed by atoms with Gasteiger partial charge < -0.3 is 5.32 Å². The van der Waals surface area contributed by atoms with Gasteiger partial charge in [0.1, 0.15) is 5.82 Å². The molecule has 1 aliphatic heterocycles. The van der Waals surface area contributed by atoms with Gasteiger partial charge in [-0.3, -0.25) is 14.6 Å². The fourth-order valence-electron chi connectivity index (χ4n) is 3.36. The van der Waals surface area contributed by atoms with Crippen molar-refractivity contribution in [2.75, 3.05) is 31.5 Å². The van der Waals surface area contributed by atoms with Crippen molar-refractivity contribution < 1.29 is 9.18 Å². The molecular formula is C21H26FN3O. The first kappa shape index (κ1) is 18.5. The Balaban J connectivity index is 1.50. The summed E-state index contributed by atoms with van der Waals surface area (Å²) in [6.45, 7) is 8.54. The van der Waals surface area contributed by atoms with E-state index >= 15 is 0 Å². The van der Waals surface area contributed by atoms with E-state index in [9.17, 15) is 9.18 Å². The summed E-state index contributed by atoms with van der Waals surface area (Å²) in [4.78, 5) is 17.0. The highest BCUT2D eigenvalue weighted by Crippen LogP contribution is 2.14. The lowest BCUT2D eigenvalue weighted by atomic mass is 10.1. The number of anilines is 1. The highest BCUT2D eigenvalue weighted by molar-refractivity contribution is 5.94. The zero-order valence-corrected chi connectivity index (χ0v) is 15.4. The van der Waals surface area contributed by atoms with E-state index in [0.717, 1.165) is 32.7 Å². The largest absolute Gasteiger partial charge is 0.325 e. The third-order valence-corrected chi connectivity index (χ3v) is 4.91. The van der Waals surface area contributed by atoms with Crippen LogP contribution in [0.5, 0.6) is 0 Å². The molecule has 1 N–H and O–H groups in total. The Morgan fingerprint density at radius 2 is 1.85 bits per heavy atom. The fraction of sp³-hybridized carbons (Fsp3) is 0.381. The molecule has 1 aliphatic rings. The van der Waals surface area contributed by atoms with Crippen molar-refractivity contribution in [3.05, 3.63) is 65.5 Å². The zero-order chi connectivity index (χ0) is 18.5. The number of piperazine rings is 1. The molecule has 2 aromatic rings. The van der Waals surface area contributed by atoms with Gasteiger partial charge in [0, 0.05) is 38.4 Å². The smallest absolute Gasteiger partial charge is 0.241 e. The van der Waals surface area contributed by atoms with Crippen molar-refractivity contribution in [2.45, 2.75) is 26.4 Å². The molecule has 1 saturated heterocycles. The van der Waals surface area contributed by atoms with E-state index in [0.29, 0.717) is 5.69 Å². The number of rotatable bonds is 5. The second-order valence-corrected chi connectivity index (χ2v) is 6.98. The molecule has 2 aromatic carbocycles. The summed E-state index contributed by atoms with van der Waals surface area (Å²) in [6, 6.07) is 14.4. The van der Waals surface area contributed by atoms with Crippen LogP contribution in [0.15, 0.2) is 48.5 Å². The molecule has 0 spiro atoms. The van der Waals surface area contributed by atoms with Crippen LogP contribution in [0.25, 0.3) is 0 Å². The molecule has 3 rings (SSSR count). The number of hydrogen-bond acceptors (Lipinski definition) is 3. The van der Waals surface area contributed by atoms with Crippen LogP contribution in [0, 0.1) is 12.7 Å². The summed E-state index contributed by atoms with van der Waals surface area (Å²) >= 11 is 0.